The number of carboxylic acids is 2. The van der Waals surface area contributed by atoms with Gasteiger partial charge in [0.15, 0.2) is 5.82 Å². The molecule has 1 spiro atoms. The number of likely N-dealkylation sites (tertiary alicyclic amines) is 2. The van der Waals surface area contributed by atoms with E-state index in [1.54, 1.807) is 30.6 Å². The molecule has 2 aromatic heterocycles. The highest BCUT2D eigenvalue weighted by Crippen LogP contribution is 2.39. The lowest BCUT2D eigenvalue weighted by Crippen LogP contribution is -2.72. The van der Waals surface area contributed by atoms with E-state index < -0.39 is 30.1 Å². The number of ether oxygens (including phenoxy) is 1. The maximum absolute atomic E-state index is 13.7. The minimum absolute atomic E-state index is 0.0162. The van der Waals surface area contributed by atoms with Crippen molar-refractivity contribution in [2.75, 3.05) is 33.3 Å². The number of rotatable bonds is 4. The van der Waals surface area contributed by atoms with Gasteiger partial charge in [0.1, 0.15) is 0 Å². The second-order valence-electron chi connectivity index (χ2n) is 9.11. The van der Waals surface area contributed by atoms with E-state index in [1.165, 1.54) is 12.3 Å². The monoisotopic (exact) mass is 598 g/mol. The van der Waals surface area contributed by atoms with Crippen LogP contribution in [0.15, 0.2) is 42.9 Å². The molecule has 2 aliphatic heterocycles. The number of piperidine rings is 1. The number of carbonyl (C=O) groups excluding carboxylic acids is 1. The molecule has 0 aliphatic carbocycles. The highest BCUT2D eigenvalue weighted by atomic mass is 19.4. The zero-order chi connectivity index (χ0) is 31.0. The number of carboxylic acid groups (broad SMARTS) is 2. The molecule has 1 atom stereocenters. The van der Waals surface area contributed by atoms with Gasteiger partial charge in [-0.25, -0.2) is 19.0 Å². The summed E-state index contributed by atoms with van der Waals surface area (Å²) in [4.78, 5) is 42.5. The van der Waals surface area contributed by atoms with Crippen molar-refractivity contribution in [3.05, 3.63) is 54.2 Å². The van der Waals surface area contributed by atoms with Crippen molar-refractivity contribution in [2.24, 2.45) is 5.92 Å². The van der Waals surface area contributed by atoms with Crippen LogP contribution in [-0.2, 0) is 9.59 Å². The van der Waals surface area contributed by atoms with Crippen LogP contribution in [0.3, 0.4) is 0 Å². The summed E-state index contributed by atoms with van der Waals surface area (Å²) in [6.07, 6.45) is -3.44. The Labute approximate surface area is 228 Å². The molecule has 10 nitrogen and oxygen atoms in total. The van der Waals surface area contributed by atoms with Gasteiger partial charge in [-0.1, -0.05) is 0 Å². The predicted molar refractivity (Wildman–Crippen MR) is 125 cm³/mol. The quantitative estimate of drug-likeness (QED) is 0.508. The standard InChI is InChI=1S/C20H23FN4O2.2C2HF3O2/c1-24-10-6-15(12-27-18-17(21)3-2-7-23-18)11-20(24)13-25(14-20)19(26)16-4-8-22-9-5-16;2*3-2(4,5)1(6)7/h2-5,7-9,15H,6,10-14H2,1H3;2*(H,6,7). The van der Waals surface area contributed by atoms with Crippen LogP contribution in [0.2, 0.25) is 0 Å². The summed E-state index contributed by atoms with van der Waals surface area (Å²) in [7, 11) is 2.11. The average molecular weight is 598 g/mol. The van der Waals surface area contributed by atoms with Crippen LogP contribution in [0.1, 0.15) is 23.2 Å². The number of pyridine rings is 2. The fraction of sp³-hybridized carbons (Fsp3) is 0.458. The highest BCUT2D eigenvalue weighted by Gasteiger charge is 2.51. The molecule has 4 rings (SSSR count). The Morgan fingerprint density at radius 1 is 1.00 bits per heavy atom. The minimum Gasteiger partial charge on any atom is -0.475 e. The topological polar surface area (TPSA) is 133 Å². The largest absolute Gasteiger partial charge is 0.490 e. The second-order valence-corrected chi connectivity index (χ2v) is 9.11. The zero-order valence-corrected chi connectivity index (χ0v) is 21.3. The fourth-order valence-electron chi connectivity index (χ4n) is 4.08. The van der Waals surface area contributed by atoms with E-state index >= 15 is 0 Å². The lowest BCUT2D eigenvalue weighted by molar-refractivity contribution is -0.193. The third-order valence-electron chi connectivity index (χ3n) is 6.20. The molecule has 1 amide bonds. The summed E-state index contributed by atoms with van der Waals surface area (Å²) >= 11 is 0. The Kier molecular flexibility index (Phi) is 11.0. The van der Waals surface area contributed by atoms with Crippen molar-refractivity contribution in [1.29, 1.82) is 0 Å². The molecular formula is C24H25F7N4O6. The summed E-state index contributed by atoms with van der Waals surface area (Å²) < 4.78 is 82.8. The van der Waals surface area contributed by atoms with Crippen molar-refractivity contribution < 1.29 is 60.1 Å². The second kappa shape index (κ2) is 13.6. The van der Waals surface area contributed by atoms with E-state index in [0.717, 1.165) is 19.4 Å². The normalized spacial score (nSPS) is 18.1. The Bertz CT molecular complexity index is 1170. The number of nitrogens with zero attached hydrogens (tertiary/aromatic N) is 4. The number of carbonyl (C=O) groups is 3. The highest BCUT2D eigenvalue weighted by molar-refractivity contribution is 5.94. The number of amides is 1. The van der Waals surface area contributed by atoms with Crippen LogP contribution in [0.4, 0.5) is 30.7 Å². The molecule has 17 heteroatoms. The SMILES string of the molecule is CN1CCC(COc2ncccc2F)CC12CN(C(=O)c1ccncc1)C2.O=C(O)C(F)(F)F.O=C(O)C(F)(F)F. The number of hydrogen-bond donors (Lipinski definition) is 2. The van der Waals surface area contributed by atoms with Gasteiger partial charge < -0.3 is 19.8 Å². The van der Waals surface area contributed by atoms with Gasteiger partial charge in [-0.05, 0) is 56.6 Å². The Hall–Kier alpha value is -4.02. The number of alkyl halides is 6. The molecule has 2 aromatic rings. The molecule has 0 bridgehead atoms. The zero-order valence-electron chi connectivity index (χ0n) is 21.3. The number of halogens is 7. The molecule has 41 heavy (non-hydrogen) atoms. The van der Waals surface area contributed by atoms with Crippen LogP contribution >= 0.6 is 0 Å². The first-order chi connectivity index (χ1) is 19.0. The Balaban J connectivity index is 0.000000349. The van der Waals surface area contributed by atoms with Crippen LogP contribution < -0.4 is 4.74 Å². The van der Waals surface area contributed by atoms with Crippen molar-refractivity contribution in [3.8, 4) is 5.88 Å². The van der Waals surface area contributed by atoms with E-state index in [1.807, 2.05) is 4.90 Å². The van der Waals surface area contributed by atoms with Crippen LogP contribution in [0.5, 0.6) is 5.88 Å². The lowest BCUT2D eigenvalue weighted by Gasteiger charge is -2.58. The molecular weight excluding hydrogens is 573 g/mol. The van der Waals surface area contributed by atoms with Gasteiger partial charge in [-0.2, -0.15) is 26.3 Å². The molecule has 1 unspecified atom stereocenters. The van der Waals surface area contributed by atoms with E-state index in [2.05, 4.69) is 21.9 Å². The van der Waals surface area contributed by atoms with E-state index in [-0.39, 0.29) is 17.3 Å². The third-order valence-corrected chi connectivity index (χ3v) is 6.20. The van der Waals surface area contributed by atoms with Gasteiger partial charge in [-0.15, -0.1) is 0 Å². The summed E-state index contributed by atoms with van der Waals surface area (Å²) in [6.45, 7) is 2.80. The van der Waals surface area contributed by atoms with Gasteiger partial charge in [0.2, 0.25) is 5.88 Å². The molecule has 2 aliphatic rings. The summed E-state index contributed by atoms with van der Waals surface area (Å²) in [5.74, 6) is -5.52. The van der Waals surface area contributed by atoms with Crippen LogP contribution in [-0.4, -0.2) is 99.0 Å². The van der Waals surface area contributed by atoms with Gasteiger partial charge in [0.05, 0.1) is 12.1 Å². The Morgan fingerprint density at radius 2 is 1.54 bits per heavy atom. The molecule has 2 N–H and O–H groups in total. The van der Waals surface area contributed by atoms with E-state index in [4.69, 9.17) is 24.5 Å². The maximum Gasteiger partial charge on any atom is 0.490 e. The van der Waals surface area contributed by atoms with Crippen molar-refractivity contribution in [3.63, 3.8) is 0 Å². The maximum atomic E-state index is 13.7. The van der Waals surface area contributed by atoms with E-state index in [9.17, 15) is 35.5 Å². The van der Waals surface area contributed by atoms with Gasteiger partial charge in [-0.3, -0.25) is 14.7 Å². The summed E-state index contributed by atoms with van der Waals surface area (Å²) in [5.41, 5.74) is 0.654. The smallest absolute Gasteiger partial charge is 0.475 e. The molecule has 2 fully saturated rings. The number of likely N-dealkylation sites (N-methyl/N-ethyl adjacent to an activating group) is 1. The number of hydrogen-bond acceptors (Lipinski definition) is 7. The van der Waals surface area contributed by atoms with Crippen molar-refractivity contribution >= 4 is 17.8 Å². The first kappa shape index (κ1) is 33.2. The average Bonchev–Trinajstić information content (AvgIpc) is 2.87. The lowest BCUT2D eigenvalue weighted by atomic mass is 9.75. The molecule has 226 valence electrons. The van der Waals surface area contributed by atoms with E-state index in [0.29, 0.717) is 31.2 Å². The molecule has 2 saturated heterocycles. The summed E-state index contributed by atoms with van der Waals surface area (Å²) in [5, 5.41) is 14.2. The molecule has 0 saturated carbocycles. The Morgan fingerprint density at radius 3 is 2.02 bits per heavy atom. The van der Waals surface area contributed by atoms with Gasteiger partial charge >= 0.3 is 24.3 Å². The predicted octanol–water partition coefficient (Wildman–Crippen LogP) is 3.50. The first-order valence-electron chi connectivity index (χ1n) is 11.7. The number of aromatic nitrogens is 2. The fourth-order valence-corrected chi connectivity index (χ4v) is 4.08. The van der Waals surface area contributed by atoms with Crippen LogP contribution in [0.25, 0.3) is 0 Å². The van der Waals surface area contributed by atoms with Gasteiger partial charge in [0.25, 0.3) is 5.91 Å². The summed E-state index contributed by atoms with van der Waals surface area (Å²) in [6, 6.07) is 6.40. The van der Waals surface area contributed by atoms with Crippen LogP contribution in [0, 0.1) is 11.7 Å². The third kappa shape index (κ3) is 9.54. The van der Waals surface area contributed by atoms with Crippen molar-refractivity contribution in [1.82, 2.24) is 19.8 Å². The van der Waals surface area contributed by atoms with Gasteiger partial charge in [0, 0.05) is 37.2 Å². The molecule has 0 aromatic carbocycles. The van der Waals surface area contributed by atoms with Crippen molar-refractivity contribution in [2.45, 2.75) is 30.7 Å². The molecule has 4 heterocycles. The number of aliphatic carboxylic acids is 2. The minimum atomic E-state index is -5.08. The molecule has 0 radical (unpaired) electrons. The first-order valence-corrected chi connectivity index (χ1v) is 11.7.